The third-order valence-electron chi connectivity index (χ3n) is 3.43. The molecule has 0 bridgehead atoms. The lowest BCUT2D eigenvalue weighted by atomic mass is 10.1. The van der Waals surface area contributed by atoms with Crippen LogP contribution < -0.4 is 5.32 Å². The van der Waals surface area contributed by atoms with Crippen molar-refractivity contribution >= 4 is 0 Å². The minimum absolute atomic E-state index is 0.459. The molecule has 2 aromatic rings. The number of benzene rings is 1. The van der Waals surface area contributed by atoms with Crippen molar-refractivity contribution in [1.29, 1.82) is 0 Å². The third kappa shape index (κ3) is 1.98. The van der Waals surface area contributed by atoms with Crippen LogP contribution in [0.5, 0.6) is 0 Å². The van der Waals surface area contributed by atoms with Gasteiger partial charge in [-0.25, -0.2) is 4.98 Å². The van der Waals surface area contributed by atoms with Gasteiger partial charge in [0.15, 0.2) is 0 Å². The highest BCUT2D eigenvalue weighted by Gasteiger charge is 2.18. The monoisotopic (exact) mass is 227 g/mol. The van der Waals surface area contributed by atoms with E-state index < -0.39 is 0 Å². The zero-order chi connectivity index (χ0) is 11.7. The summed E-state index contributed by atoms with van der Waals surface area (Å²) in [6.45, 7) is 3.23. The molecule has 3 heteroatoms. The quantitative estimate of drug-likeness (QED) is 0.828. The first kappa shape index (κ1) is 10.5. The molecule has 3 nitrogen and oxygen atoms in total. The standard InChI is InChI=1S/C14H17N3/c1-10-5-2-3-6-11(10)14-16-9-13(17-14)12-7-4-8-15-12/h2-3,5-6,9,12,15H,4,7-8H2,1H3,(H,16,17). The number of hydrogen-bond acceptors (Lipinski definition) is 2. The molecule has 0 saturated carbocycles. The molecular weight excluding hydrogens is 210 g/mol. The Morgan fingerprint density at radius 2 is 2.18 bits per heavy atom. The molecule has 1 aliphatic heterocycles. The van der Waals surface area contributed by atoms with Crippen LogP contribution >= 0.6 is 0 Å². The van der Waals surface area contributed by atoms with E-state index in [0.717, 1.165) is 12.4 Å². The summed E-state index contributed by atoms with van der Waals surface area (Å²) in [4.78, 5) is 7.93. The van der Waals surface area contributed by atoms with Gasteiger partial charge >= 0.3 is 0 Å². The summed E-state index contributed by atoms with van der Waals surface area (Å²) in [6, 6.07) is 8.80. The van der Waals surface area contributed by atoms with Gasteiger partial charge in [0.1, 0.15) is 5.82 Å². The normalized spacial score (nSPS) is 19.7. The Morgan fingerprint density at radius 1 is 1.29 bits per heavy atom. The molecule has 0 amide bonds. The average molecular weight is 227 g/mol. The van der Waals surface area contributed by atoms with Crippen molar-refractivity contribution in [2.24, 2.45) is 0 Å². The molecular formula is C14H17N3. The van der Waals surface area contributed by atoms with Crippen molar-refractivity contribution in [3.63, 3.8) is 0 Å². The molecule has 1 aromatic heterocycles. The maximum absolute atomic E-state index is 4.50. The van der Waals surface area contributed by atoms with E-state index in [-0.39, 0.29) is 0 Å². The maximum atomic E-state index is 4.50. The topological polar surface area (TPSA) is 40.7 Å². The molecule has 1 aliphatic rings. The lowest BCUT2D eigenvalue weighted by Gasteiger charge is -2.06. The van der Waals surface area contributed by atoms with E-state index >= 15 is 0 Å². The van der Waals surface area contributed by atoms with Gasteiger partial charge in [-0.3, -0.25) is 0 Å². The van der Waals surface area contributed by atoms with Gasteiger partial charge in [0.05, 0.1) is 11.9 Å². The smallest absolute Gasteiger partial charge is 0.137 e. The fraction of sp³-hybridized carbons (Fsp3) is 0.357. The van der Waals surface area contributed by atoms with Crippen LogP contribution in [0.1, 0.15) is 30.1 Å². The highest BCUT2D eigenvalue weighted by Crippen LogP contribution is 2.25. The number of imidazole rings is 1. The molecule has 1 unspecified atom stereocenters. The van der Waals surface area contributed by atoms with Crippen LogP contribution in [0.15, 0.2) is 30.5 Å². The third-order valence-corrected chi connectivity index (χ3v) is 3.43. The molecule has 2 heterocycles. The number of nitrogens with zero attached hydrogens (tertiary/aromatic N) is 1. The van der Waals surface area contributed by atoms with Crippen LogP contribution in [0.2, 0.25) is 0 Å². The molecule has 17 heavy (non-hydrogen) atoms. The summed E-state index contributed by atoms with van der Waals surface area (Å²) in [5.41, 5.74) is 3.66. The van der Waals surface area contributed by atoms with Crippen LogP contribution in [0.4, 0.5) is 0 Å². The molecule has 0 aliphatic carbocycles. The Balaban J connectivity index is 1.92. The summed E-state index contributed by atoms with van der Waals surface area (Å²) in [5.74, 6) is 0.979. The number of rotatable bonds is 2. The van der Waals surface area contributed by atoms with Crippen molar-refractivity contribution in [2.45, 2.75) is 25.8 Å². The second kappa shape index (κ2) is 4.34. The Morgan fingerprint density at radius 3 is 2.94 bits per heavy atom. The molecule has 1 aromatic carbocycles. The van der Waals surface area contributed by atoms with E-state index in [1.807, 2.05) is 6.20 Å². The molecule has 0 spiro atoms. The van der Waals surface area contributed by atoms with Crippen molar-refractivity contribution < 1.29 is 0 Å². The fourth-order valence-corrected chi connectivity index (χ4v) is 2.44. The number of aryl methyl sites for hydroxylation is 1. The van der Waals surface area contributed by atoms with E-state index in [1.54, 1.807) is 0 Å². The summed E-state index contributed by atoms with van der Waals surface area (Å²) >= 11 is 0. The Kier molecular flexibility index (Phi) is 2.69. The zero-order valence-corrected chi connectivity index (χ0v) is 10.0. The van der Waals surface area contributed by atoms with Gasteiger partial charge in [-0.05, 0) is 31.9 Å². The number of aromatic nitrogens is 2. The van der Waals surface area contributed by atoms with E-state index in [2.05, 4.69) is 46.5 Å². The van der Waals surface area contributed by atoms with Gasteiger partial charge in [0, 0.05) is 11.6 Å². The molecule has 0 radical (unpaired) electrons. The molecule has 3 rings (SSSR count). The summed E-state index contributed by atoms with van der Waals surface area (Å²) in [7, 11) is 0. The van der Waals surface area contributed by atoms with E-state index in [0.29, 0.717) is 6.04 Å². The van der Waals surface area contributed by atoms with Gasteiger partial charge in [-0.1, -0.05) is 24.3 Å². The molecule has 2 N–H and O–H groups in total. The summed E-state index contributed by atoms with van der Waals surface area (Å²) in [6.07, 6.45) is 4.42. The van der Waals surface area contributed by atoms with Crippen LogP contribution in [-0.4, -0.2) is 16.5 Å². The van der Waals surface area contributed by atoms with Crippen LogP contribution in [-0.2, 0) is 0 Å². The first-order valence-electron chi connectivity index (χ1n) is 6.19. The largest absolute Gasteiger partial charge is 0.341 e. The molecule has 1 atom stereocenters. The minimum Gasteiger partial charge on any atom is -0.341 e. The van der Waals surface area contributed by atoms with Crippen molar-refractivity contribution in [3.05, 3.63) is 41.7 Å². The predicted octanol–water partition coefficient (Wildman–Crippen LogP) is 2.81. The summed E-state index contributed by atoms with van der Waals surface area (Å²) in [5, 5.41) is 3.48. The zero-order valence-electron chi connectivity index (χ0n) is 10.0. The number of hydrogen-bond donors (Lipinski definition) is 2. The van der Waals surface area contributed by atoms with Gasteiger partial charge in [0.25, 0.3) is 0 Å². The van der Waals surface area contributed by atoms with Crippen LogP contribution in [0.3, 0.4) is 0 Å². The SMILES string of the molecule is Cc1ccccc1-c1ncc(C2CCCN2)[nH]1. The number of aromatic amines is 1. The molecule has 88 valence electrons. The molecule has 1 saturated heterocycles. The lowest BCUT2D eigenvalue weighted by Crippen LogP contribution is -2.12. The van der Waals surface area contributed by atoms with Crippen LogP contribution in [0, 0.1) is 6.92 Å². The van der Waals surface area contributed by atoms with Gasteiger partial charge < -0.3 is 10.3 Å². The highest BCUT2D eigenvalue weighted by atomic mass is 15.0. The Labute approximate surface area is 101 Å². The average Bonchev–Trinajstić information content (AvgIpc) is 3.00. The van der Waals surface area contributed by atoms with Crippen molar-refractivity contribution in [2.75, 3.05) is 6.54 Å². The molecule has 1 fully saturated rings. The van der Waals surface area contributed by atoms with Gasteiger partial charge in [-0.2, -0.15) is 0 Å². The first-order valence-corrected chi connectivity index (χ1v) is 6.19. The second-order valence-electron chi connectivity index (χ2n) is 4.65. The highest BCUT2D eigenvalue weighted by molar-refractivity contribution is 5.59. The lowest BCUT2D eigenvalue weighted by molar-refractivity contribution is 0.632. The Hall–Kier alpha value is -1.61. The fourth-order valence-electron chi connectivity index (χ4n) is 2.44. The van der Waals surface area contributed by atoms with E-state index in [1.165, 1.54) is 29.7 Å². The van der Waals surface area contributed by atoms with Crippen molar-refractivity contribution in [1.82, 2.24) is 15.3 Å². The number of H-pyrrole nitrogens is 1. The Bertz CT molecular complexity index is 510. The minimum atomic E-state index is 0.459. The summed E-state index contributed by atoms with van der Waals surface area (Å²) < 4.78 is 0. The number of nitrogens with one attached hydrogen (secondary N) is 2. The van der Waals surface area contributed by atoms with Gasteiger partial charge in [0.2, 0.25) is 0 Å². The predicted molar refractivity (Wildman–Crippen MR) is 68.7 cm³/mol. The van der Waals surface area contributed by atoms with Crippen LogP contribution in [0.25, 0.3) is 11.4 Å². The van der Waals surface area contributed by atoms with E-state index in [9.17, 15) is 0 Å². The van der Waals surface area contributed by atoms with E-state index in [4.69, 9.17) is 0 Å². The second-order valence-corrected chi connectivity index (χ2v) is 4.65. The van der Waals surface area contributed by atoms with Gasteiger partial charge in [-0.15, -0.1) is 0 Å². The first-order chi connectivity index (χ1) is 8.34. The maximum Gasteiger partial charge on any atom is 0.137 e. The van der Waals surface area contributed by atoms with Crippen molar-refractivity contribution in [3.8, 4) is 11.4 Å².